The lowest BCUT2D eigenvalue weighted by Gasteiger charge is -2.52. The highest BCUT2D eigenvalue weighted by Crippen LogP contribution is 2.81. The Morgan fingerprint density at radius 2 is 2.31 bits per heavy atom. The molecule has 5 nitrogen and oxygen atoms in total. The molecular formula is C21H26O5. The number of hydrogen-bond acceptors (Lipinski definition) is 5. The normalized spacial score (nSPS) is 48.0. The van der Waals surface area contributed by atoms with Crippen molar-refractivity contribution in [3.05, 3.63) is 36.3 Å². The second kappa shape index (κ2) is 5.23. The number of methoxy groups -OCH3 is 1. The van der Waals surface area contributed by atoms with Crippen molar-refractivity contribution in [1.29, 1.82) is 0 Å². The minimum Gasteiger partial charge on any atom is -0.472 e. The molecule has 5 heteroatoms. The second-order valence-corrected chi connectivity index (χ2v) is 8.77. The Labute approximate surface area is 153 Å². The summed E-state index contributed by atoms with van der Waals surface area (Å²) in [4.78, 5) is 12.6. The zero-order valence-corrected chi connectivity index (χ0v) is 15.3. The first-order valence-electron chi connectivity index (χ1n) is 9.62. The van der Waals surface area contributed by atoms with E-state index >= 15 is 0 Å². The fraction of sp³-hybridized carbons (Fsp3) is 0.667. The van der Waals surface area contributed by atoms with E-state index in [9.17, 15) is 9.90 Å². The van der Waals surface area contributed by atoms with Crippen molar-refractivity contribution >= 4 is 5.97 Å². The van der Waals surface area contributed by atoms with Crippen LogP contribution < -0.4 is 0 Å². The fourth-order valence-corrected chi connectivity index (χ4v) is 6.73. The Morgan fingerprint density at radius 3 is 3.04 bits per heavy atom. The molecule has 7 unspecified atom stereocenters. The number of hydrogen-bond donors (Lipinski definition) is 1. The smallest absolute Gasteiger partial charge is 0.316 e. The maximum absolute atomic E-state index is 12.6. The van der Waals surface area contributed by atoms with Crippen LogP contribution in [0.15, 0.2) is 35.2 Å². The molecule has 4 aliphatic rings. The molecule has 0 aromatic carbocycles. The summed E-state index contributed by atoms with van der Waals surface area (Å²) >= 11 is 0. The summed E-state index contributed by atoms with van der Waals surface area (Å²) in [6.45, 7) is 2.23. The van der Waals surface area contributed by atoms with Gasteiger partial charge in [-0.25, -0.2) is 0 Å². The molecule has 1 spiro atoms. The summed E-state index contributed by atoms with van der Waals surface area (Å²) in [5, 5.41) is 11.0. The molecule has 7 atom stereocenters. The highest BCUT2D eigenvalue weighted by atomic mass is 16.6. The van der Waals surface area contributed by atoms with E-state index in [2.05, 4.69) is 6.92 Å². The summed E-state index contributed by atoms with van der Waals surface area (Å²) in [7, 11) is 1.47. The second-order valence-electron chi connectivity index (χ2n) is 8.77. The van der Waals surface area contributed by atoms with Gasteiger partial charge in [0.05, 0.1) is 31.2 Å². The van der Waals surface area contributed by atoms with E-state index in [0.29, 0.717) is 5.92 Å². The molecule has 0 radical (unpaired) electrons. The Kier molecular flexibility index (Phi) is 3.33. The predicted molar refractivity (Wildman–Crippen MR) is 92.9 cm³/mol. The maximum Gasteiger partial charge on any atom is 0.316 e. The third-order valence-electron chi connectivity index (χ3n) is 8.09. The molecule has 0 bridgehead atoms. The molecular weight excluding hydrogens is 332 g/mol. The van der Waals surface area contributed by atoms with Crippen LogP contribution in [0, 0.1) is 28.1 Å². The van der Waals surface area contributed by atoms with E-state index in [-0.39, 0.29) is 28.8 Å². The van der Waals surface area contributed by atoms with E-state index in [1.54, 1.807) is 12.5 Å². The number of aryl methyl sites for hydroxylation is 1. The lowest BCUT2D eigenvalue weighted by Crippen LogP contribution is -2.53. The standard InChI is InChI=1S/C21H26O5/c1-13-3-7-19-12-20(19,17(22)24-2)8-5-15-16(19)21(13,18(23)26-15)9-4-14-6-10-25-11-14/h5-6,8,10-11,13,15-16,18,23H,3-4,7,9,12H2,1-2H3. The minimum absolute atomic E-state index is 0.114. The third-order valence-corrected chi connectivity index (χ3v) is 8.09. The van der Waals surface area contributed by atoms with E-state index in [0.717, 1.165) is 37.7 Å². The average Bonchev–Trinajstić information content (AvgIpc) is 2.93. The Morgan fingerprint density at radius 1 is 1.46 bits per heavy atom. The van der Waals surface area contributed by atoms with Gasteiger partial charge in [-0.1, -0.05) is 19.1 Å². The van der Waals surface area contributed by atoms with E-state index in [1.165, 1.54) is 7.11 Å². The summed E-state index contributed by atoms with van der Waals surface area (Å²) in [5.74, 6) is 0.365. The molecule has 1 N–H and O–H groups in total. The molecule has 3 aliphatic carbocycles. The van der Waals surface area contributed by atoms with Crippen LogP contribution >= 0.6 is 0 Å². The van der Waals surface area contributed by atoms with Gasteiger partial charge >= 0.3 is 5.97 Å². The van der Waals surface area contributed by atoms with Gasteiger partial charge in [-0.05, 0) is 55.1 Å². The Balaban J connectivity index is 1.56. The van der Waals surface area contributed by atoms with Gasteiger partial charge in [0, 0.05) is 11.3 Å². The molecule has 5 rings (SSSR count). The lowest BCUT2D eigenvalue weighted by atomic mass is 9.50. The molecule has 1 aliphatic heterocycles. The van der Waals surface area contributed by atoms with Gasteiger partial charge in [-0.2, -0.15) is 0 Å². The van der Waals surface area contributed by atoms with Crippen LogP contribution in [0.25, 0.3) is 0 Å². The third kappa shape index (κ3) is 1.76. The number of carbonyl (C=O) groups is 1. The van der Waals surface area contributed by atoms with Crippen LogP contribution in [0.3, 0.4) is 0 Å². The molecule has 26 heavy (non-hydrogen) atoms. The summed E-state index contributed by atoms with van der Waals surface area (Å²) in [5.41, 5.74) is 0.168. The van der Waals surface area contributed by atoms with Crippen LogP contribution in [0.1, 0.15) is 38.2 Å². The zero-order chi connectivity index (χ0) is 18.2. The largest absolute Gasteiger partial charge is 0.472 e. The number of esters is 1. The van der Waals surface area contributed by atoms with Gasteiger partial charge in [0.15, 0.2) is 6.29 Å². The Hall–Kier alpha value is -1.59. The summed E-state index contributed by atoms with van der Waals surface area (Å²) in [6.07, 6.45) is 11.1. The van der Waals surface area contributed by atoms with Gasteiger partial charge in [0.1, 0.15) is 0 Å². The minimum atomic E-state index is -0.796. The zero-order valence-electron chi connectivity index (χ0n) is 15.3. The molecule has 1 aromatic rings. The molecule has 2 saturated carbocycles. The monoisotopic (exact) mass is 358 g/mol. The van der Waals surface area contributed by atoms with Crippen molar-refractivity contribution in [1.82, 2.24) is 0 Å². The van der Waals surface area contributed by atoms with Crippen molar-refractivity contribution in [2.24, 2.45) is 28.1 Å². The number of rotatable bonds is 4. The highest BCUT2D eigenvalue weighted by Gasteiger charge is 2.82. The van der Waals surface area contributed by atoms with Gasteiger partial charge in [-0.15, -0.1) is 0 Å². The van der Waals surface area contributed by atoms with Gasteiger partial charge in [-0.3, -0.25) is 4.79 Å². The average molecular weight is 358 g/mol. The van der Waals surface area contributed by atoms with Crippen molar-refractivity contribution in [3.8, 4) is 0 Å². The van der Waals surface area contributed by atoms with Crippen molar-refractivity contribution in [2.75, 3.05) is 7.11 Å². The first-order chi connectivity index (χ1) is 12.5. The molecule has 1 saturated heterocycles. The molecule has 2 heterocycles. The predicted octanol–water partition coefficient (Wildman–Crippen LogP) is 3.08. The van der Waals surface area contributed by atoms with E-state index < -0.39 is 11.7 Å². The van der Waals surface area contributed by atoms with Gasteiger partial charge < -0.3 is 19.0 Å². The topological polar surface area (TPSA) is 68.9 Å². The van der Waals surface area contributed by atoms with Crippen LogP contribution in [0.5, 0.6) is 0 Å². The fourth-order valence-electron chi connectivity index (χ4n) is 6.73. The van der Waals surface area contributed by atoms with Gasteiger partial charge in [0.2, 0.25) is 0 Å². The highest BCUT2D eigenvalue weighted by molar-refractivity contribution is 5.85. The SMILES string of the molecule is COC(=O)C12C=CC3OC(O)C4(CCc5ccoc5)C(C)CCC1(C2)C34. The summed E-state index contributed by atoms with van der Waals surface area (Å²) < 4.78 is 16.5. The lowest BCUT2D eigenvalue weighted by molar-refractivity contribution is -0.161. The number of carbonyl (C=O) groups excluding carboxylic acids is 1. The molecule has 3 fully saturated rings. The number of furan rings is 1. The summed E-state index contributed by atoms with van der Waals surface area (Å²) in [6, 6.07) is 1.98. The number of aliphatic hydroxyl groups is 1. The van der Waals surface area contributed by atoms with E-state index in [4.69, 9.17) is 13.9 Å². The quantitative estimate of drug-likeness (QED) is 0.662. The number of aliphatic hydroxyl groups excluding tert-OH is 1. The number of ether oxygens (including phenoxy) is 2. The first-order valence-corrected chi connectivity index (χ1v) is 9.62. The maximum atomic E-state index is 12.6. The van der Waals surface area contributed by atoms with Crippen LogP contribution in [-0.2, 0) is 20.7 Å². The van der Waals surface area contributed by atoms with Crippen molar-refractivity contribution in [2.45, 2.75) is 51.4 Å². The van der Waals surface area contributed by atoms with Crippen molar-refractivity contribution in [3.63, 3.8) is 0 Å². The van der Waals surface area contributed by atoms with Crippen LogP contribution in [0.4, 0.5) is 0 Å². The van der Waals surface area contributed by atoms with Crippen LogP contribution in [-0.4, -0.2) is 30.6 Å². The Bertz CT molecular complexity index is 754. The molecule has 140 valence electrons. The first kappa shape index (κ1) is 16.6. The molecule has 0 amide bonds. The van der Waals surface area contributed by atoms with E-state index in [1.807, 2.05) is 18.2 Å². The van der Waals surface area contributed by atoms with Crippen LogP contribution in [0.2, 0.25) is 0 Å². The molecule has 1 aromatic heterocycles. The van der Waals surface area contributed by atoms with Crippen molar-refractivity contribution < 1.29 is 23.8 Å². The van der Waals surface area contributed by atoms with Gasteiger partial charge in [0.25, 0.3) is 0 Å².